The predicted molar refractivity (Wildman–Crippen MR) is 113 cm³/mol. The number of hydrogen-bond donors (Lipinski definition) is 2. The Bertz CT molecular complexity index is 1020. The number of nitrogens with one attached hydrogen (secondary N) is 2. The van der Waals surface area contributed by atoms with Crippen molar-refractivity contribution in [2.45, 2.75) is 20.8 Å². The second-order valence-corrected chi connectivity index (χ2v) is 7.58. The first-order valence-corrected chi connectivity index (χ1v) is 9.19. The number of methoxy groups -OCH3 is 1. The lowest BCUT2D eigenvalue weighted by molar-refractivity contribution is -0.123. The van der Waals surface area contributed by atoms with E-state index in [2.05, 4.69) is 15.7 Å². The van der Waals surface area contributed by atoms with Crippen LogP contribution in [-0.4, -0.2) is 28.7 Å². The molecule has 0 bridgehead atoms. The van der Waals surface area contributed by atoms with E-state index in [0.717, 1.165) is 11.4 Å². The normalized spacial score (nSPS) is 11.0. The van der Waals surface area contributed by atoms with Gasteiger partial charge in [-0.2, -0.15) is 5.10 Å². The molecule has 2 aromatic carbocycles. The standard InChI is InChI=1S/C22H24N4O3/c1-22(2,3)21(28)24-16-7-5-6-15(14-16)23-20(27)19-12-13-26(25-19)17-8-10-18(29-4)11-9-17/h5-14H,1-4H3,(H,23,27)(H,24,28). The fourth-order valence-electron chi connectivity index (χ4n) is 2.51. The summed E-state index contributed by atoms with van der Waals surface area (Å²) in [7, 11) is 1.61. The summed E-state index contributed by atoms with van der Waals surface area (Å²) >= 11 is 0. The van der Waals surface area contributed by atoms with Crippen molar-refractivity contribution in [2.75, 3.05) is 17.7 Å². The molecule has 0 spiro atoms. The minimum absolute atomic E-state index is 0.0980. The van der Waals surface area contributed by atoms with Gasteiger partial charge in [-0.15, -0.1) is 0 Å². The van der Waals surface area contributed by atoms with E-state index in [9.17, 15) is 9.59 Å². The average Bonchev–Trinajstić information content (AvgIpc) is 3.18. The van der Waals surface area contributed by atoms with Crippen LogP contribution in [0.1, 0.15) is 31.3 Å². The molecule has 7 nitrogen and oxygen atoms in total. The van der Waals surface area contributed by atoms with Gasteiger partial charge in [0.15, 0.2) is 5.69 Å². The molecule has 2 N–H and O–H groups in total. The summed E-state index contributed by atoms with van der Waals surface area (Å²) in [6, 6.07) is 16.0. The summed E-state index contributed by atoms with van der Waals surface area (Å²) in [5, 5.41) is 9.99. The molecule has 150 valence electrons. The molecule has 0 fully saturated rings. The highest BCUT2D eigenvalue weighted by Crippen LogP contribution is 2.20. The van der Waals surface area contributed by atoms with Gasteiger partial charge in [0.25, 0.3) is 5.91 Å². The van der Waals surface area contributed by atoms with Crippen molar-refractivity contribution in [1.82, 2.24) is 9.78 Å². The summed E-state index contributed by atoms with van der Waals surface area (Å²) in [4.78, 5) is 24.7. The number of benzene rings is 2. The van der Waals surface area contributed by atoms with E-state index in [4.69, 9.17) is 4.74 Å². The van der Waals surface area contributed by atoms with Gasteiger partial charge in [-0.3, -0.25) is 9.59 Å². The molecule has 0 aliphatic carbocycles. The van der Waals surface area contributed by atoms with E-state index in [-0.39, 0.29) is 17.5 Å². The van der Waals surface area contributed by atoms with Gasteiger partial charge < -0.3 is 15.4 Å². The zero-order chi connectivity index (χ0) is 21.0. The van der Waals surface area contributed by atoms with Crippen molar-refractivity contribution in [3.63, 3.8) is 0 Å². The van der Waals surface area contributed by atoms with E-state index in [0.29, 0.717) is 11.4 Å². The molecular formula is C22H24N4O3. The monoisotopic (exact) mass is 392 g/mol. The second-order valence-electron chi connectivity index (χ2n) is 7.58. The Labute approximate surface area is 169 Å². The molecule has 1 aromatic heterocycles. The van der Waals surface area contributed by atoms with E-state index in [1.165, 1.54) is 0 Å². The van der Waals surface area contributed by atoms with Gasteiger partial charge in [0.2, 0.25) is 5.91 Å². The van der Waals surface area contributed by atoms with Gasteiger partial charge >= 0.3 is 0 Å². The van der Waals surface area contributed by atoms with Crippen molar-refractivity contribution in [2.24, 2.45) is 5.41 Å². The van der Waals surface area contributed by atoms with Crippen molar-refractivity contribution in [3.8, 4) is 11.4 Å². The molecule has 2 amide bonds. The second kappa shape index (κ2) is 8.18. The number of rotatable bonds is 5. The molecule has 0 saturated carbocycles. The first-order valence-electron chi connectivity index (χ1n) is 9.19. The summed E-state index contributed by atoms with van der Waals surface area (Å²) in [5.74, 6) is 0.313. The Balaban J connectivity index is 1.70. The third kappa shape index (κ3) is 5.01. The van der Waals surface area contributed by atoms with Crippen LogP contribution in [0.25, 0.3) is 5.69 Å². The Morgan fingerprint density at radius 1 is 0.966 bits per heavy atom. The van der Waals surface area contributed by atoms with Crippen LogP contribution in [0.5, 0.6) is 5.75 Å². The summed E-state index contributed by atoms with van der Waals surface area (Å²) in [6.07, 6.45) is 1.72. The zero-order valence-electron chi connectivity index (χ0n) is 16.9. The summed E-state index contributed by atoms with van der Waals surface area (Å²) in [6.45, 7) is 5.52. The number of anilines is 2. The van der Waals surface area contributed by atoms with Crippen LogP contribution in [0.2, 0.25) is 0 Å². The highest BCUT2D eigenvalue weighted by atomic mass is 16.5. The Kier molecular flexibility index (Phi) is 5.68. The van der Waals surface area contributed by atoms with E-state index in [1.807, 2.05) is 45.0 Å². The average molecular weight is 392 g/mol. The molecule has 3 rings (SSSR count). The maximum absolute atomic E-state index is 12.6. The molecular weight excluding hydrogens is 368 g/mol. The van der Waals surface area contributed by atoms with Crippen LogP contribution in [0, 0.1) is 5.41 Å². The maximum atomic E-state index is 12.6. The van der Waals surface area contributed by atoms with Crippen LogP contribution in [0.15, 0.2) is 60.8 Å². The Morgan fingerprint density at radius 3 is 2.24 bits per heavy atom. The molecule has 1 heterocycles. The zero-order valence-corrected chi connectivity index (χ0v) is 16.9. The lowest BCUT2D eigenvalue weighted by Gasteiger charge is -2.18. The number of ether oxygens (including phenoxy) is 1. The third-order valence-corrected chi connectivity index (χ3v) is 4.22. The predicted octanol–water partition coefficient (Wildman–Crippen LogP) is 4.12. The fourth-order valence-corrected chi connectivity index (χ4v) is 2.51. The van der Waals surface area contributed by atoms with Crippen LogP contribution in [-0.2, 0) is 4.79 Å². The Morgan fingerprint density at radius 2 is 1.62 bits per heavy atom. The van der Waals surface area contributed by atoms with Gasteiger partial charge in [0, 0.05) is 23.0 Å². The van der Waals surface area contributed by atoms with Gasteiger partial charge in [-0.25, -0.2) is 4.68 Å². The maximum Gasteiger partial charge on any atom is 0.276 e. The smallest absolute Gasteiger partial charge is 0.276 e. The molecule has 0 atom stereocenters. The molecule has 0 radical (unpaired) electrons. The first-order chi connectivity index (χ1) is 13.8. The van der Waals surface area contributed by atoms with Crippen molar-refractivity contribution < 1.29 is 14.3 Å². The molecule has 3 aromatic rings. The van der Waals surface area contributed by atoms with Gasteiger partial charge in [-0.05, 0) is 48.5 Å². The number of carbonyl (C=O) groups is 2. The van der Waals surface area contributed by atoms with Crippen LogP contribution in [0.4, 0.5) is 11.4 Å². The van der Waals surface area contributed by atoms with E-state index in [1.54, 1.807) is 48.3 Å². The minimum Gasteiger partial charge on any atom is -0.497 e. The molecule has 29 heavy (non-hydrogen) atoms. The highest BCUT2D eigenvalue weighted by Gasteiger charge is 2.21. The quantitative estimate of drug-likeness (QED) is 0.684. The lowest BCUT2D eigenvalue weighted by atomic mass is 9.95. The number of amides is 2. The fraction of sp³-hybridized carbons (Fsp3) is 0.227. The third-order valence-electron chi connectivity index (χ3n) is 4.22. The molecule has 0 aliphatic rings. The molecule has 0 unspecified atom stereocenters. The van der Waals surface area contributed by atoms with Gasteiger partial charge in [0.1, 0.15) is 5.75 Å². The number of aromatic nitrogens is 2. The Hall–Kier alpha value is -3.61. The summed E-state index contributed by atoms with van der Waals surface area (Å²) in [5.41, 5.74) is 1.78. The van der Waals surface area contributed by atoms with E-state index < -0.39 is 5.41 Å². The number of nitrogens with zero attached hydrogens (tertiary/aromatic N) is 2. The van der Waals surface area contributed by atoms with Gasteiger partial charge in [0.05, 0.1) is 12.8 Å². The summed E-state index contributed by atoms with van der Waals surface area (Å²) < 4.78 is 6.77. The van der Waals surface area contributed by atoms with Crippen LogP contribution in [0.3, 0.4) is 0 Å². The van der Waals surface area contributed by atoms with Crippen molar-refractivity contribution >= 4 is 23.2 Å². The molecule has 7 heteroatoms. The minimum atomic E-state index is -0.506. The van der Waals surface area contributed by atoms with Gasteiger partial charge in [-0.1, -0.05) is 26.8 Å². The van der Waals surface area contributed by atoms with E-state index >= 15 is 0 Å². The molecule has 0 saturated heterocycles. The van der Waals surface area contributed by atoms with Crippen molar-refractivity contribution in [1.29, 1.82) is 0 Å². The number of hydrogen-bond acceptors (Lipinski definition) is 4. The lowest BCUT2D eigenvalue weighted by Crippen LogP contribution is -2.27. The highest BCUT2D eigenvalue weighted by molar-refractivity contribution is 6.03. The number of carbonyl (C=O) groups excluding carboxylic acids is 2. The SMILES string of the molecule is COc1ccc(-n2ccc(C(=O)Nc3cccc(NC(=O)C(C)(C)C)c3)n2)cc1. The topological polar surface area (TPSA) is 85.2 Å². The molecule has 0 aliphatic heterocycles. The first kappa shape index (κ1) is 20.1. The largest absolute Gasteiger partial charge is 0.497 e. The van der Waals surface area contributed by atoms with Crippen LogP contribution >= 0.6 is 0 Å². The van der Waals surface area contributed by atoms with Crippen LogP contribution < -0.4 is 15.4 Å². The van der Waals surface area contributed by atoms with Crippen molar-refractivity contribution in [3.05, 3.63) is 66.5 Å².